The average molecular weight is 235 g/mol. The second-order valence-electron chi connectivity index (χ2n) is 3.43. The zero-order valence-electron chi connectivity index (χ0n) is 9.69. The number of aliphatic hydroxyl groups is 1. The van der Waals surface area contributed by atoms with Gasteiger partial charge in [-0.1, -0.05) is 24.8 Å². The SMILES string of the molecule is C=CCOc1ccccc1C(=O)NCCCO. The fourth-order valence-corrected chi connectivity index (χ4v) is 1.30. The van der Waals surface area contributed by atoms with E-state index in [4.69, 9.17) is 9.84 Å². The lowest BCUT2D eigenvalue weighted by Crippen LogP contribution is -2.25. The number of amides is 1. The van der Waals surface area contributed by atoms with Gasteiger partial charge >= 0.3 is 0 Å². The lowest BCUT2D eigenvalue weighted by atomic mass is 10.2. The number of para-hydroxylation sites is 1. The molecule has 0 aliphatic heterocycles. The van der Waals surface area contributed by atoms with E-state index in [0.29, 0.717) is 30.9 Å². The average Bonchev–Trinajstić information content (AvgIpc) is 2.37. The molecule has 0 fully saturated rings. The number of carbonyl (C=O) groups excluding carboxylic acids is 1. The Morgan fingerprint density at radius 2 is 2.24 bits per heavy atom. The van der Waals surface area contributed by atoms with E-state index in [-0.39, 0.29) is 12.5 Å². The Morgan fingerprint density at radius 3 is 2.94 bits per heavy atom. The topological polar surface area (TPSA) is 58.6 Å². The van der Waals surface area contributed by atoms with Crippen molar-refractivity contribution < 1.29 is 14.6 Å². The van der Waals surface area contributed by atoms with Gasteiger partial charge in [-0.15, -0.1) is 0 Å². The monoisotopic (exact) mass is 235 g/mol. The zero-order valence-corrected chi connectivity index (χ0v) is 9.69. The Kier molecular flexibility index (Phi) is 5.82. The molecule has 2 N–H and O–H groups in total. The Hall–Kier alpha value is -1.81. The Labute approximate surface area is 101 Å². The number of rotatable bonds is 7. The molecule has 0 radical (unpaired) electrons. The van der Waals surface area contributed by atoms with Crippen LogP contribution in [0.25, 0.3) is 0 Å². The zero-order chi connectivity index (χ0) is 12.5. The third-order valence-corrected chi connectivity index (χ3v) is 2.11. The molecule has 0 spiro atoms. The van der Waals surface area contributed by atoms with Crippen molar-refractivity contribution in [3.63, 3.8) is 0 Å². The van der Waals surface area contributed by atoms with Gasteiger partial charge in [-0.05, 0) is 18.6 Å². The van der Waals surface area contributed by atoms with Gasteiger partial charge in [0.1, 0.15) is 12.4 Å². The summed E-state index contributed by atoms with van der Waals surface area (Å²) >= 11 is 0. The number of hydrogen-bond donors (Lipinski definition) is 2. The van der Waals surface area contributed by atoms with Crippen LogP contribution in [0, 0.1) is 0 Å². The lowest BCUT2D eigenvalue weighted by Gasteiger charge is -2.10. The highest BCUT2D eigenvalue weighted by atomic mass is 16.5. The summed E-state index contributed by atoms with van der Waals surface area (Å²) < 4.78 is 5.39. The molecule has 0 aliphatic rings. The van der Waals surface area contributed by atoms with E-state index in [0.717, 1.165) is 0 Å². The molecule has 17 heavy (non-hydrogen) atoms. The second kappa shape index (κ2) is 7.46. The molecule has 0 unspecified atom stereocenters. The van der Waals surface area contributed by atoms with Gasteiger partial charge in [0.25, 0.3) is 5.91 Å². The minimum absolute atomic E-state index is 0.0644. The van der Waals surface area contributed by atoms with Gasteiger partial charge < -0.3 is 15.2 Å². The van der Waals surface area contributed by atoms with E-state index in [1.54, 1.807) is 24.3 Å². The predicted octanol–water partition coefficient (Wildman–Crippen LogP) is 1.36. The number of carbonyl (C=O) groups is 1. The lowest BCUT2D eigenvalue weighted by molar-refractivity contribution is 0.0947. The summed E-state index contributed by atoms with van der Waals surface area (Å²) in [5.74, 6) is 0.340. The molecule has 0 bridgehead atoms. The van der Waals surface area contributed by atoms with Crippen molar-refractivity contribution in [3.8, 4) is 5.75 Å². The summed E-state index contributed by atoms with van der Waals surface area (Å²) in [5.41, 5.74) is 0.493. The van der Waals surface area contributed by atoms with Gasteiger partial charge in [0.2, 0.25) is 0 Å². The Balaban J connectivity index is 2.67. The van der Waals surface area contributed by atoms with Gasteiger partial charge in [-0.3, -0.25) is 4.79 Å². The van der Waals surface area contributed by atoms with Crippen LogP contribution in [0.15, 0.2) is 36.9 Å². The molecule has 4 heteroatoms. The fourth-order valence-electron chi connectivity index (χ4n) is 1.30. The molecule has 0 aromatic heterocycles. The van der Waals surface area contributed by atoms with Crippen LogP contribution in [0.3, 0.4) is 0 Å². The number of hydrogen-bond acceptors (Lipinski definition) is 3. The number of aliphatic hydroxyl groups excluding tert-OH is 1. The minimum Gasteiger partial charge on any atom is -0.489 e. The van der Waals surface area contributed by atoms with Crippen LogP contribution in [0.1, 0.15) is 16.8 Å². The fraction of sp³-hybridized carbons (Fsp3) is 0.308. The van der Waals surface area contributed by atoms with E-state index in [1.807, 2.05) is 6.07 Å². The van der Waals surface area contributed by atoms with Gasteiger partial charge in [-0.2, -0.15) is 0 Å². The van der Waals surface area contributed by atoms with Crippen LogP contribution in [0.5, 0.6) is 5.75 Å². The molecule has 1 aromatic rings. The molecule has 92 valence electrons. The number of nitrogens with one attached hydrogen (secondary N) is 1. The van der Waals surface area contributed by atoms with Crippen molar-refractivity contribution in [2.24, 2.45) is 0 Å². The van der Waals surface area contributed by atoms with E-state index >= 15 is 0 Å². The van der Waals surface area contributed by atoms with Crippen molar-refractivity contribution in [1.29, 1.82) is 0 Å². The van der Waals surface area contributed by atoms with Gasteiger partial charge in [-0.25, -0.2) is 0 Å². The molecule has 1 amide bonds. The third-order valence-electron chi connectivity index (χ3n) is 2.11. The van der Waals surface area contributed by atoms with Gasteiger partial charge in [0.05, 0.1) is 5.56 Å². The molecule has 4 nitrogen and oxygen atoms in total. The Morgan fingerprint density at radius 1 is 1.47 bits per heavy atom. The summed E-state index contributed by atoms with van der Waals surface area (Å²) in [5, 5.41) is 11.3. The summed E-state index contributed by atoms with van der Waals surface area (Å²) in [4.78, 5) is 11.8. The predicted molar refractivity (Wildman–Crippen MR) is 66.2 cm³/mol. The van der Waals surface area contributed by atoms with Crippen molar-refractivity contribution in [2.45, 2.75) is 6.42 Å². The molecule has 1 rings (SSSR count). The molecule has 0 heterocycles. The summed E-state index contributed by atoms with van der Waals surface area (Å²) in [6.45, 7) is 4.43. The first kappa shape index (κ1) is 13.3. The van der Waals surface area contributed by atoms with Crippen molar-refractivity contribution in [2.75, 3.05) is 19.8 Å². The van der Waals surface area contributed by atoms with Crippen molar-refractivity contribution in [3.05, 3.63) is 42.5 Å². The second-order valence-corrected chi connectivity index (χ2v) is 3.43. The largest absolute Gasteiger partial charge is 0.489 e. The molecule has 0 atom stereocenters. The summed E-state index contributed by atoms with van der Waals surface area (Å²) in [6, 6.07) is 7.03. The van der Waals surface area contributed by atoms with Gasteiger partial charge in [0.15, 0.2) is 0 Å². The molecule has 0 saturated carbocycles. The first-order valence-electron chi connectivity index (χ1n) is 5.51. The first-order chi connectivity index (χ1) is 8.29. The highest BCUT2D eigenvalue weighted by Gasteiger charge is 2.10. The smallest absolute Gasteiger partial charge is 0.255 e. The molecular formula is C13H17NO3. The normalized spacial score (nSPS) is 9.71. The van der Waals surface area contributed by atoms with Crippen LogP contribution >= 0.6 is 0 Å². The molecule has 0 aliphatic carbocycles. The van der Waals surface area contributed by atoms with E-state index in [1.165, 1.54) is 0 Å². The van der Waals surface area contributed by atoms with E-state index in [9.17, 15) is 4.79 Å². The number of benzene rings is 1. The van der Waals surface area contributed by atoms with E-state index in [2.05, 4.69) is 11.9 Å². The maximum atomic E-state index is 11.8. The molecule has 1 aromatic carbocycles. The van der Waals surface area contributed by atoms with Crippen LogP contribution < -0.4 is 10.1 Å². The first-order valence-corrected chi connectivity index (χ1v) is 5.51. The van der Waals surface area contributed by atoms with Crippen molar-refractivity contribution >= 4 is 5.91 Å². The van der Waals surface area contributed by atoms with Gasteiger partial charge in [0, 0.05) is 13.2 Å². The third kappa shape index (κ3) is 4.28. The van der Waals surface area contributed by atoms with Crippen molar-refractivity contribution in [1.82, 2.24) is 5.32 Å². The maximum absolute atomic E-state index is 11.8. The highest BCUT2D eigenvalue weighted by molar-refractivity contribution is 5.96. The standard InChI is InChI=1S/C13H17NO3/c1-2-10-17-12-7-4-3-6-11(12)13(16)14-8-5-9-15/h2-4,6-7,15H,1,5,8-10H2,(H,14,16). The maximum Gasteiger partial charge on any atom is 0.255 e. The van der Waals surface area contributed by atoms with Crippen LogP contribution in [0.2, 0.25) is 0 Å². The van der Waals surface area contributed by atoms with Crippen LogP contribution in [-0.2, 0) is 0 Å². The van der Waals surface area contributed by atoms with E-state index < -0.39 is 0 Å². The van der Waals surface area contributed by atoms with Crippen LogP contribution in [-0.4, -0.2) is 30.8 Å². The van der Waals surface area contributed by atoms with Crippen LogP contribution in [0.4, 0.5) is 0 Å². The highest BCUT2D eigenvalue weighted by Crippen LogP contribution is 2.17. The Bertz CT molecular complexity index is 377. The summed E-state index contributed by atoms with van der Waals surface area (Å²) in [6.07, 6.45) is 2.17. The molecule has 0 saturated heterocycles. The quantitative estimate of drug-likeness (QED) is 0.554. The number of ether oxygens (including phenoxy) is 1. The summed E-state index contributed by atoms with van der Waals surface area (Å²) in [7, 11) is 0. The minimum atomic E-state index is -0.196. The molecular weight excluding hydrogens is 218 g/mol.